The summed E-state index contributed by atoms with van der Waals surface area (Å²) in [4.78, 5) is 0. The molecule has 0 aromatic heterocycles. The van der Waals surface area contributed by atoms with E-state index in [1.165, 1.54) is 5.57 Å². The van der Waals surface area contributed by atoms with Gasteiger partial charge in [-0.1, -0.05) is 82.9 Å². The third kappa shape index (κ3) is 7.52. The molecular weight excluding hydrogens is 542 g/mol. The van der Waals surface area contributed by atoms with Crippen molar-refractivity contribution in [2.45, 2.75) is 122 Å². The van der Waals surface area contributed by atoms with E-state index in [4.69, 9.17) is 0 Å². The number of rotatable bonds is 9. The van der Waals surface area contributed by atoms with Gasteiger partial charge < -0.3 is 10.2 Å². The second kappa shape index (κ2) is 13.0. The first-order valence-electron chi connectivity index (χ1n) is 15.2. The van der Waals surface area contributed by atoms with Gasteiger partial charge in [-0.2, -0.15) is 26.3 Å². The first-order valence-corrected chi connectivity index (χ1v) is 15.2. The molecule has 0 heterocycles. The van der Waals surface area contributed by atoms with Crippen LogP contribution >= 0.6 is 0 Å². The van der Waals surface area contributed by atoms with Gasteiger partial charge in [0.05, 0.1) is 6.10 Å². The van der Waals surface area contributed by atoms with Crippen LogP contribution in [0.3, 0.4) is 0 Å². The molecule has 2 nitrogen and oxygen atoms in total. The molecule has 6 atom stereocenters. The Morgan fingerprint density at radius 1 is 1.02 bits per heavy atom. The van der Waals surface area contributed by atoms with Gasteiger partial charge in [0.2, 0.25) is 0 Å². The molecule has 0 aromatic rings. The molecule has 0 spiro atoms. The lowest BCUT2D eigenvalue weighted by Crippen LogP contribution is -2.55. The molecule has 0 radical (unpaired) electrons. The van der Waals surface area contributed by atoms with Crippen molar-refractivity contribution < 1.29 is 36.6 Å². The van der Waals surface area contributed by atoms with Crippen LogP contribution < -0.4 is 0 Å². The predicted molar refractivity (Wildman–Crippen MR) is 151 cm³/mol. The van der Waals surface area contributed by atoms with Crippen molar-refractivity contribution in [1.82, 2.24) is 0 Å². The Kier molecular flexibility index (Phi) is 10.8. The van der Waals surface area contributed by atoms with E-state index >= 15 is 0 Å². The highest BCUT2D eigenvalue weighted by molar-refractivity contribution is 5.36. The van der Waals surface area contributed by atoms with Crippen LogP contribution in [0.25, 0.3) is 0 Å². The third-order valence-electron chi connectivity index (χ3n) is 10.1. The number of fused-ring (bicyclic) bond motifs is 1. The maximum absolute atomic E-state index is 13.3. The minimum absolute atomic E-state index is 0.0527. The lowest BCUT2D eigenvalue weighted by Gasteiger charge is -2.45. The number of hydrogen-bond donors (Lipinski definition) is 2. The highest BCUT2D eigenvalue weighted by Crippen LogP contribution is 2.63. The zero-order chi connectivity index (χ0) is 30.8. The molecular formula is C33H48F6O2. The number of alkyl halides is 6. The molecule has 1 unspecified atom stereocenters. The van der Waals surface area contributed by atoms with Crippen molar-refractivity contribution in [3.63, 3.8) is 0 Å². The molecule has 0 aromatic carbocycles. The van der Waals surface area contributed by atoms with Gasteiger partial charge in [0.15, 0.2) is 0 Å². The highest BCUT2D eigenvalue weighted by Gasteiger charge is 2.69. The summed E-state index contributed by atoms with van der Waals surface area (Å²) < 4.78 is 79.8. The van der Waals surface area contributed by atoms with Crippen molar-refractivity contribution in [3.05, 3.63) is 47.6 Å². The van der Waals surface area contributed by atoms with Crippen LogP contribution in [-0.4, -0.2) is 34.3 Å². The maximum atomic E-state index is 13.3. The minimum Gasteiger partial charge on any atom is -0.393 e. The van der Waals surface area contributed by atoms with Crippen LogP contribution in [0.1, 0.15) is 98.3 Å². The van der Waals surface area contributed by atoms with Gasteiger partial charge in [0.25, 0.3) is 5.60 Å². The van der Waals surface area contributed by atoms with Gasteiger partial charge in [-0.15, -0.1) is 0 Å². The smallest absolute Gasteiger partial charge is 0.393 e. The Balaban J connectivity index is 1.93. The lowest BCUT2D eigenvalue weighted by molar-refractivity contribution is -0.347. The second-order valence-corrected chi connectivity index (χ2v) is 13.6. The normalized spacial score (nSPS) is 32.9. The first kappa shape index (κ1) is 34.0. The standard InChI is InChI=1S/C33H48F6O2/c1-21(2)9-6-10-23(4)29-26(12-8-18-31(41,32(34,35)36)33(37,38)39)20-28-24(11-7-17-30(28,29)5)14-15-25-19-27(40)16-13-22(25)3/h8,14-15,18,21,23,26-29,40-41H,3,6-7,9-13,16-17,19-20H2,1-2,4-5H3/b18-8-,24-14+,25-15+/t23-,26?,27+,28+,29-,30+/m1/s1. The fourth-order valence-corrected chi connectivity index (χ4v) is 8.00. The van der Waals surface area contributed by atoms with Crippen molar-refractivity contribution in [1.29, 1.82) is 0 Å². The van der Waals surface area contributed by atoms with E-state index in [9.17, 15) is 36.6 Å². The van der Waals surface area contributed by atoms with Crippen molar-refractivity contribution in [2.75, 3.05) is 0 Å². The molecule has 8 heteroatoms. The lowest BCUT2D eigenvalue weighted by atomic mass is 9.59. The Bertz CT molecular complexity index is 990. The van der Waals surface area contributed by atoms with Crippen LogP contribution in [0.5, 0.6) is 0 Å². The molecule has 0 amide bonds. The SMILES string of the molecule is C=C1CC[C@H](O)C/C1=C\C=C1/CCC[C@@]2(C)[C@H]1CC(C/C=C\C(O)(C(F)(F)F)C(F)(F)F)[C@H]2[C@H](C)CCCC(C)C. The van der Waals surface area contributed by atoms with E-state index < -0.39 is 18.0 Å². The summed E-state index contributed by atoms with van der Waals surface area (Å²) in [6.07, 6.45) is 1.60. The molecule has 0 saturated heterocycles. The fourth-order valence-electron chi connectivity index (χ4n) is 8.00. The van der Waals surface area contributed by atoms with E-state index in [-0.39, 0.29) is 47.7 Å². The molecule has 3 aliphatic carbocycles. The summed E-state index contributed by atoms with van der Waals surface area (Å²) in [6.45, 7) is 12.9. The Labute approximate surface area is 241 Å². The van der Waals surface area contributed by atoms with E-state index in [1.807, 2.05) is 0 Å². The van der Waals surface area contributed by atoms with Crippen LogP contribution in [0.15, 0.2) is 47.6 Å². The third-order valence-corrected chi connectivity index (χ3v) is 10.1. The Morgan fingerprint density at radius 3 is 2.29 bits per heavy atom. The summed E-state index contributed by atoms with van der Waals surface area (Å²) in [6, 6.07) is 0. The Hall–Kier alpha value is -1.54. The summed E-state index contributed by atoms with van der Waals surface area (Å²) >= 11 is 0. The van der Waals surface area contributed by atoms with Crippen LogP contribution in [-0.2, 0) is 0 Å². The Morgan fingerprint density at radius 2 is 1.68 bits per heavy atom. The maximum Gasteiger partial charge on any atom is 0.429 e. The zero-order valence-corrected chi connectivity index (χ0v) is 24.9. The average molecular weight is 591 g/mol. The van der Waals surface area contributed by atoms with Crippen LogP contribution in [0, 0.1) is 35.0 Å². The number of allylic oxidation sites excluding steroid dienone is 5. The van der Waals surface area contributed by atoms with E-state index in [2.05, 4.69) is 46.4 Å². The molecule has 3 saturated carbocycles. The molecule has 0 bridgehead atoms. The number of hydrogen-bond acceptors (Lipinski definition) is 2. The summed E-state index contributed by atoms with van der Waals surface area (Å²) in [5.74, 6) is 1.03. The van der Waals surface area contributed by atoms with E-state index in [0.29, 0.717) is 25.2 Å². The van der Waals surface area contributed by atoms with Crippen molar-refractivity contribution in [3.8, 4) is 0 Å². The zero-order valence-electron chi connectivity index (χ0n) is 24.9. The second-order valence-electron chi connectivity index (χ2n) is 13.6. The summed E-state index contributed by atoms with van der Waals surface area (Å²) in [5.41, 5.74) is -1.65. The quantitative estimate of drug-likeness (QED) is 0.207. The van der Waals surface area contributed by atoms with Gasteiger partial charge in [0, 0.05) is 0 Å². The topological polar surface area (TPSA) is 40.5 Å². The monoisotopic (exact) mass is 590 g/mol. The molecule has 3 rings (SSSR count). The summed E-state index contributed by atoms with van der Waals surface area (Å²) in [7, 11) is 0. The molecule has 0 aliphatic heterocycles. The van der Waals surface area contributed by atoms with Crippen LogP contribution in [0.2, 0.25) is 0 Å². The highest BCUT2D eigenvalue weighted by atomic mass is 19.4. The molecule has 3 aliphatic rings. The number of halogens is 6. The van der Waals surface area contributed by atoms with Gasteiger partial charge >= 0.3 is 12.4 Å². The molecule has 2 N–H and O–H groups in total. The predicted octanol–water partition coefficient (Wildman–Crippen LogP) is 9.65. The number of aliphatic hydroxyl groups excluding tert-OH is 1. The van der Waals surface area contributed by atoms with Crippen LogP contribution in [0.4, 0.5) is 26.3 Å². The van der Waals surface area contributed by atoms with Crippen molar-refractivity contribution in [2.24, 2.45) is 35.0 Å². The molecule has 234 valence electrons. The first-order chi connectivity index (χ1) is 18.9. The van der Waals surface area contributed by atoms with Gasteiger partial charge in [-0.05, 0) is 98.0 Å². The number of aliphatic hydroxyl groups is 2. The molecule has 3 fully saturated rings. The van der Waals surface area contributed by atoms with E-state index in [0.717, 1.165) is 62.2 Å². The van der Waals surface area contributed by atoms with Gasteiger partial charge in [-0.25, -0.2) is 0 Å². The fraction of sp³-hybridized carbons (Fsp3) is 0.758. The van der Waals surface area contributed by atoms with Gasteiger partial charge in [0.1, 0.15) is 0 Å². The van der Waals surface area contributed by atoms with Gasteiger partial charge in [-0.3, -0.25) is 0 Å². The molecule has 41 heavy (non-hydrogen) atoms. The largest absolute Gasteiger partial charge is 0.429 e. The van der Waals surface area contributed by atoms with E-state index in [1.54, 1.807) is 0 Å². The minimum atomic E-state index is -5.86. The average Bonchev–Trinajstić information content (AvgIpc) is 3.15. The van der Waals surface area contributed by atoms with Crippen molar-refractivity contribution >= 4 is 0 Å². The summed E-state index contributed by atoms with van der Waals surface area (Å²) in [5, 5.41) is 19.8.